The molecule has 2 aliphatic carbocycles. The lowest BCUT2D eigenvalue weighted by atomic mass is 9.57. The van der Waals surface area contributed by atoms with E-state index in [9.17, 15) is 37.1 Å². The summed E-state index contributed by atoms with van der Waals surface area (Å²) >= 11 is 0. The van der Waals surface area contributed by atoms with Crippen LogP contribution in [0.1, 0.15) is 119 Å². The summed E-state index contributed by atoms with van der Waals surface area (Å²) in [6.07, 6.45) is 5.27. The second kappa shape index (κ2) is 16.5. The first-order valence-corrected chi connectivity index (χ1v) is 21.4. The van der Waals surface area contributed by atoms with Crippen LogP contribution in [-0.4, -0.2) is 88.6 Å². The first-order chi connectivity index (χ1) is 29.8. The van der Waals surface area contributed by atoms with Gasteiger partial charge in [0, 0.05) is 43.2 Å². The van der Waals surface area contributed by atoms with E-state index in [-0.39, 0.29) is 35.7 Å². The fourth-order valence-corrected chi connectivity index (χ4v) is 10.3. The molecule has 17 heteroatoms. The molecule has 2 aromatic carbocycles. The number of imide groups is 2. The summed E-state index contributed by atoms with van der Waals surface area (Å²) in [6, 6.07) is 10.5. The summed E-state index contributed by atoms with van der Waals surface area (Å²) in [4.78, 5) is 75.5. The number of methoxy groups -OCH3 is 1. The lowest BCUT2D eigenvalue weighted by molar-refractivity contribution is -0.141. The number of rotatable bonds is 11. The number of ether oxygens (including phenoxy) is 1. The smallest absolute Gasteiger partial charge is 0.433 e. The number of likely N-dealkylation sites (tertiary alicyclic amines) is 1. The molecule has 9 rings (SSSR count). The van der Waals surface area contributed by atoms with Crippen molar-refractivity contribution in [3.05, 3.63) is 76.9 Å². The molecule has 4 fully saturated rings. The molecule has 0 radical (unpaired) electrons. The summed E-state index contributed by atoms with van der Waals surface area (Å²) < 4.78 is 51.2. The Morgan fingerprint density at radius 2 is 1.69 bits per heavy atom. The Kier molecular flexibility index (Phi) is 11.0. The first kappa shape index (κ1) is 41.5. The zero-order chi connectivity index (χ0) is 43.3. The Labute approximate surface area is 355 Å². The van der Waals surface area contributed by atoms with Crippen molar-refractivity contribution < 1.29 is 46.3 Å². The van der Waals surface area contributed by atoms with Gasteiger partial charge in [-0.25, -0.2) is 9.97 Å². The lowest BCUT2D eigenvalue weighted by Crippen LogP contribution is -2.54. The van der Waals surface area contributed by atoms with E-state index in [2.05, 4.69) is 25.8 Å². The van der Waals surface area contributed by atoms with E-state index in [1.807, 2.05) is 0 Å². The van der Waals surface area contributed by atoms with Gasteiger partial charge < -0.3 is 24.7 Å². The van der Waals surface area contributed by atoms with Crippen molar-refractivity contribution in [2.45, 2.75) is 88.8 Å². The van der Waals surface area contributed by atoms with Gasteiger partial charge in [0.1, 0.15) is 28.7 Å². The molecular weight excluding hydrogens is 808 g/mol. The van der Waals surface area contributed by atoms with Gasteiger partial charge >= 0.3 is 6.18 Å². The number of anilines is 2. The molecule has 1 unspecified atom stereocenters. The molecule has 62 heavy (non-hydrogen) atoms. The Balaban J connectivity index is 0.715. The topological polar surface area (TPSA) is 176 Å². The number of carbonyl (C=O) groups is 5. The third kappa shape index (κ3) is 8.14. The van der Waals surface area contributed by atoms with Crippen molar-refractivity contribution in [2.75, 3.05) is 43.9 Å². The molecule has 1 atom stereocenters. The fourth-order valence-electron chi connectivity index (χ4n) is 10.3. The highest BCUT2D eigenvalue weighted by atomic mass is 19.4. The van der Waals surface area contributed by atoms with Gasteiger partial charge in [0.25, 0.3) is 17.7 Å². The highest BCUT2D eigenvalue weighted by molar-refractivity contribution is 6.25. The zero-order valence-electron chi connectivity index (χ0n) is 34.3. The number of piperidine rings is 2. The lowest BCUT2D eigenvalue weighted by Gasteiger charge is -2.53. The SMILES string of the molecule is COc1cc2nc([C@H]3CC[C@H](CN4CCC5(CC4)CC(CCNc4cccc6c4C(=O)N(C4CCC(=O)NC4=O)C6=O)C5)CC3)oc2cc1NC(=O)c1cccc(C(F)(F)F)n1. The predicted octanol–water partition coefficient (Wildman–Crippen LogP) is 7.17. The van der Waals surface area contributed by atoms with Crippen molar-refractivity contribution in [1.82, 2.24) is 25.1 Å². The summed E-state index contributed by atoms with van der Waals surface area (Å²) in [6.45, 7) is 3.94. The molecule has 2 saturated carbocycles. The predicted molar refractivity (Wildman–Crippen MR) is 220 cm³/mol. The number of carbonyl (C=O) groups excluding carboxylic acids is 5. The van der Waals surface area contributed by atoms with E-state index in [1.165, 1.54) is 38.9 Å². The van der Waals surface area contributed by atoms with Crippen LogP contribution >= 0.6 is 0 Å². The van der Waals surface area contributed by atoms with Gasteiger partial charge in [0.15, 0.2) is 11.5 Å². The number of fused-ring (bicyclic) bond motifs is 2. The van der Waals surface area contributed by atoms with Crippen molar-refractivity contribution in [3.8, 4) is 5.75 Å². The van der Waals surface area contributed by atoms with Crippen LogP contribution in [0, 0.1) is 17.3 Å². The quantitative estimate of drug-likeness (QED) is 0.130. The first-order valence-electron chi connectivity index (χ1n) is 21.4. The van der Waals surface area contributed by atoms with E-state index in [0.29, 0.717) is 57.8 Å². The summed E-state index contributed by atoms with van der Waals surface area (Å²) in [5, 5.41) is 8.25. The van der Waals surface area contributed by atoms with Crippen LogP contribution in [0.3, 0.4) is 0 Å². The molecule has 2 saturated heterocycles. The van der Waals surface area contributed by atoms with E-state index in [0.717, 1.165) is 68.8 Å². The Bertz CT molecular complexity index is 2430. The van der Waals surface area contributed by atoms with Crippen LogP contribution < -0.4 is 20.7 Å². The van der Waals surface area contributed by atoms with Gasteiger partial charge in [0.2, 0.25) is 11.8 Å². The highest BCUT2D eigenvalue weighted by Gasteiger charge is 2.47. The van der Waals surface area contributed by atoms with E-state index in [1.54, 1.807) is 30.3 Å². The van der Waals surface area contributed by atoms with Crippen LogP contribution in [0.4, 0.5) is 24.5 Å². The highest BCUT2D eigenvalue weighted by Crippen LogP contribution is 2.54. The molecule has 5 aliphatic rings. The average molecular weight is 856 g/mol. The molecule has 14 nitrogen and oxygen atoms in total. The zero-order valence-corrected chi connectivity index (χ0v) is 34.3. The normalized spacial score (nSPS) is 23.0. The molecular formula is C45H48F3N7O7. The fraction of sp³-hybridized carbons (Fsp3) is 0.489. The van der Waals surface area contributed by atoms with Crippen LogP contribution in [0.5, 0.6) is 5.75 Å². The number of oxazole rings is 1. The van der Waals surface area contributed by atoms with Gasteiger partial charge in [0.05, 0.1) is 23.9 Å². The van der Waals surface area contributed by atoms with Crippen molar-refractivity contribution in [1.29, 1.82) is 0 Å². The van der Waals surface area contributed by atoms with Crippen molar-refractivity contribution >= 4 is 52.0 Å². The van der Waals surface area contributed by atoms with E-state index >= 15 is 0 Å². The summed E-state index contributed by atoms with van der Waals surface area (Å²) in [5.74, 6) is -0.571. The minimum atomic E-state index is -4.68. The monoisotopic (exact) mass is 855 g/mol. The van der Waals surface area contributed by atoms with Crippen LogP contribution in [0.15, 0.2) is 52.9 Å². The number of nitrogens with zero attached hydrogens (tertiary/aromatic N) is 4. The maximum Gasteiger partial charge on any atom is 0.433 e. The van der Waals surface area contributed by atoms with E-state index < -0.39 is 47.4 Å². The molecule has 326 valence electrons. The van der Waals surface area contributed by atoms with Gasteiger partial charge in [-0.15, -0.1) is 0 Å². The second-order valence-corrected chi connectivity index (χ2v) is 17.6. The number of nitrogens with one attached hydrogen (secondary N) is 3. The van der Waals surface area contributed by atoms with Gasteiger partial charge in [-0.3, -0.25) is 34.2 Å². The van der Waals surface area contributed by atoms with Crippen LogP contribution in [0.25, 0.3) is 11.1 Å². The van der Waals surface area contributed by atoms with Gasteiger partial charge in [-0.2, -0.15) is 13.2 Å². The van der Waals surface area contributed by atoms with Crippen molar-refractivity contribution in [3.63, 3.8) is 0 Å². The number of hydrogen-bond acceptors (Lipinski definition) is 11. The molecule has 1 spiro atoms. The molecule has 3 N–H and O–H groups in total. The minimum Gasteiger partial charge on any atom is -0.494 e. The standard InChI is InChI=1S/C45H48F3N7O7/c1-61-34-20-32-35(21-31(34)51-39(57)30-6-3-7-36(50-30)45(46,47)48)62-41(52-32)27-10-8-25(9-11-27)24-54-18-15-44(16-19-54)22-26(23-44)14-17-49-29-5-2-4-28-38(29)43(60)55(42(28)59)33-12-13-37(56)53-40(33)58/h2-7,20-21,25-27,33,49H,8-19,22-24H2,1H3,(H,51,57)(H,53,56,58)/t25-,27-,33?. The summed E-state index contributed by atoms with van der Waals surface area (Å²) in [5.41, 5.74) is 1.27. The molecule has 5 amide bonds. The maximum absolute atomic E-state index is 13.4. The number of pyridine rings is 1. The molecule has 3 aliphatic heterocycles. The van der Waals surface area contributed by atoms with Crippen molar-refractivity contribution in [2.24, 2.45) is 17.3 Å². The number of alkyl halides is 3. The number of aromatic nitrogens is 2. The number of hydrogen-bond donors (Lipinski definition) is 3. The second-order valence-electron chi connectivity index (χ2n) is 17.6. The number of halogens is 3. The minimum absolute atomic E-state index is 0.0794. The Morgan fingerprint density at radius 3 is 2.42 bits per heavy atom. The maximum atomic E-state index is 13.4. The van der Waals surface area contributed by atoms with Gasteiger partial charge in [-0.05, 0) is 119 Å². The number of amides is 5. The molecule has 2 aromatic heterocycles. The van der Waals surface area contributed by atoms with Gasteiger partial charge in [-0.1, -0.05) is 12.1 Å². The van der Waals surface area contributed by atoms with Crippen LogP contribution in [-0.2, 0) is 15.8 Å². The molecule has 5 heterocycles. The third-order valence-corrected chi connectivity index (χ3v) is 13.7. The molecule has 0 bridgehead atoms. The van der Waals surface area contributed by atoms with Crippen LogP contribution in [0.2, 0.25) is 0 Å². The summed E-state index contributed by atoms with van der Waals surface area (Å²) in [7, 11) is 1.43. The number of benzene rings is 2. The Hall–Kier alpha value is -5.84. The van der Waals surface area contributed by atoms with E-state index in [4.69, 9.17) is 14.1 Å². The Morgan fingerprint density at radius 1 is 0.935 bits per heavy atom. The third-order valence-electron chi connectivity index (χ3n) is 13.7. The molecule has 4 aromatic rings. The average Bonchev–Trinajstić information content (AvgIpc) is 3.77. The largest absolute Gasteiger partial charge is 0.494 e.